The number of halogens is 1. The fourth-order valence-electron chi connectivity index (χ4n) is 1.69. The molecule has 2 amide bonds. The van der Waals surface area contributed by atoms with Crippen LogP contribution in [0, 0.1) is 12.7 Å². The van der Waals surface area contributed by atoms with Gasteiger partial charge in [0.25, 0.3) is 5.91 Å². The van der Waals surface area contributed by atoms with E-state index in [-0.39, 0.29) is 12.2 Å². The summed E-state index contributed by atoms with van der Waals surface area (Å²) in [4.78, 5) is 23.5. The third kappa shape index (κ3) is 3.88. The number of aryl methyl sites for hydroxylation is 2. The van der Waals surface area contributed by atoms with Crippen molar-refractivity contribution in [3.05, 3.63) is 47.5 Å². The van der Waals surface area contributed by atoms with Crippen LogP contribution in [0.3, 0.4) is 0 Å². The molecular formula is C14H15FN4O2. The topological polar surface area (TPSA) is 76.0 Å². The number of amides is 2. The molecule has 0 radical (unpaired) electrons. The van der Waals surface area contributed by atoms with Crippen LogP contribution in [0.1, 0.15) is 16.2 Å². The van der Waals surface area contributed by atoms with Gasteiger partial charge in [0, 0.05) is 18.4 Å². The van der Waals surface area contributed by atoms with Crippen molar-refractivity contribution < 1.29 is 14.0 Å². The van der Waals surface area contributed by atoms with Crippen LogP contribution in [0.2, 0.25) is 0 Å². The van der Waals surface area contributed by atoms with E-state index in [2.05, 4.69) is 15.7 Å². The molecule has 0 unspecified atom stereocenters. The highest BCUT2D eigenvalue weighted by atomic mass is 19.1. The van der Waals surface area contributed by atoms with Crippen LogP contribution < -0.4 is 10.6 Å². The van der Waals surface area contributed by atoms with E-state index in [0.717, 1.165) is 5.69 Å². The Morgan fingerprint density at radius 3 is 2.71 bits per heavy atom. The average Bonchev–Trinajstić information content (AvgIpc) is 2.76. The van der Waals surface area contributed by atoms with Gasteiger partial charge in [0.1, 0.15) is 11.5 Å². The van der Waals surface area contributed by atoms with E-state index < -0.39 is 17.6 Å². The maximum atomic E-state index is 13.0. The van der Waals surface area contributed by atoms with Crippen molar-refractivity contribution >= 4 is 17.5 Å². The smallest absolute Gasteiger partial charge is 0.272 e. The fraction of sp³-hybridized carbons (Fsp3) is 0.214. The first-order valence-electron chi connectivity index (χ1n) is 6.30. The summed E-state index contributed by atoms with van der Waals surface area (Å²) < 4.78 is 14.5. The zero-order valence-electron chi connectivity index (χ0n) is 11.7. The first kappa shape index (κ1) is 14.7. The van der Waals surface area contributed by atoms with Gasteiger partial charge in [-0.1, -0.05) is 6.07 Å². The Bertz CT molecular complexity index is 662. The van der Waals surface area contributed by atoms with Gasteiger partial charge in [-0.2, -0.15) is 5.10 Å². The number of hydrogen-bond acceptors (Lipinski definition) is 3. The number of nitrogens with one attached hydrogen (secondary N) is 2. The minimum Gasteiger partial charge on any atom is -0.342 e. The number of rotatable bonds is 4. The average molecular weight is 290 g/mol. The zero-order chi connectivity index (χ0) is 15.4. The van der Waals surface area contributed by atoms with E-state index in [1.165, 1.54) is 18.2 Å². The first-order chi connectivity index (χ1) is 9.95. The van der Waals surface area contributed by atoms with Crippen molar-refractivity contribution in [3.63, 3.8) is 0 Å². The summed E-state index contributed by atoms with van der Waals surface area (Å²) in [5, 5.41) is 8.95. The summed E-state index contributed by atoms with van der Waals surface area (Å²) in [6.45, 7) is 1.60. The molecule has 0 spiro atoms. The molecule has 1 aromatic heterocycles. The molecule has 2 N–H and O–H groups in total. The van der Waals surface area contributed by atoms with E-state index in [4.69, 9.17) is 0 Å². The van der Waals surface area contributed by atoms with E-state index in [1.54, 1.807) is 23.9 Å². The van der Waals surface area contributed by atoms with Crippen molar-refractivity contribution in [2.75, 3.05) is 11.9 Å². The highest BCUT2D eigenvalue weighted by molar-refractivity contribution is 5.98. The van der Waals surface area contributed by atoms with E-state index in [9.17, 15) is 14.0 Å². The van der Waals surface area contributed by atoms with Crippen molar-refractivity contribution in [2.45, 2.75) is 6.92 Å². The maximum Gasteiger partial charge on any atom is 0.272 e. The number of hydrogen-bond donors (Lipinski definition) is 2. The lowest BCUT2D eigenvalue weighted by Gasteiger charge is -2.06. The molecule has 1 heterocycles. The summed E-state index contributed by atoms with van der Waals surface area (Å²) in [6.07, 6.45) is 0. The summed E-state index contributed by atoms with van der Waals surface area (Å²) >= 11 is 0. The highest BCUT2D eigenvalue weighted by Crippen LogP contribution is 2.08. The van der Waals surface area contributed by atoms with Crippen molar-refractivity contribution in [1.29, 1.82) is 0 Å². The van der Waals surface area contributed by atoms with Crippen molar-refractivity contribution in [1.82, 2.24) is 15.1 Å². The Morgan fingerprint density at radius 2 is 2.10 bits per heavy atom. The molecule has 110 valence electrons. The van der Waals surface area contributed by atoms with Crippen LogP contribution >= 0.6 is 0 Å². The Morgan fingerprint density at radius 1 is 1.33 bits per heavy atom. The Balaban J connectivity index is 1.88. The van der Waals surface area contributed by atoms with Crippen LogP contribution in [0.4, 0.5) is 10.1 Å². The molecular weight excluding hydrogens is 275 g/mol. The molecule has 0 fully saturated rings. The van der Waals surface area contributed by atoms with E-state index >= 15 is 0 Å². The van der Waals surface area contributed by atoms with Crippen LogP contribution in [0.5, 0.6) is 0 Å². The second-order valence-electron chi connectivity index (χ2n) is 4.54. The molecule has 0 saturated heterocycles. The summed E-state index contributed by atoms with van der Waals surface area (Å²) in [5.41, 5.74) is 1.42. The van der Waals surface area contributed by atoms with Gasteiger partial charge in [-0.25, -0.2) is 4.39 Å². The zero-order valence-corrected chi connectivity index (χ0v) is 11.7. The van der Waals surface area contributed by atoms with Crippen molar-refractivity contribution in [3.8, 4) is 0 Å². The van der Waals surface area contributed by atoms with Gasteiger partial charge in [-0.15, -0.1) is 0 Å². The van der Waals surface area contributed by atoms with Gasteiger partial charge in [0.15, 0.2) is 0 Å². The van der Waals surface area contributed by atoms with Crippen LogP contribution in [0.15, 0.2) is 30.3 Å². The first-order valence-corrected chi connectivity index (χ1v) is 6.30. The number of carbonyl (C=O) groups excluding carboxylic acids is 2. The largest absolute Gasteiger partial charge is 0.342 e. The van der Waals surface area contributed by atoms with Gasteiger partial charge >= 0.3 is 0 Å². The Kier molecular flexibility index (Phi) is 4.32. The lowest BCUT2D eigenvalue weighted by Crippen LogP contribution is -2.33. The summed E-state index contributed by atoms with van der Waals surface area (Å²) in [5.74, 6) is -1.32. The molecule has 2 aromatic rings. The van der Waals surface area contributed by atoms with Crippen LogP contribution in [-0.4, -0.2) is 28.1 Å². The monoisotopic (exact) mass is 290 g/mol. The SMILES string of the molecule is Cc1cc(C(=O)NCC(=O)Nc2cccc(F)c2)nn1C. The lowest BCUT2D eigenvalue weighted by atomic mass is 10.3. The standard InChI is InChI=1S/C14H15FN4O2/c1-9-6-12(18-19(9)2)14(21)16-8-13(20)17-11-5-3-4-10(15)7-11/h3-7H,8H2,1-2H3,(H,16,21)(H,17,20). The van der Waals surface area contributed by atoms with Gasteiger partial charge in [-0.05, 0) is 31.2 Å². The second kappa shape index (κ2) is 6.17. The van der Waals surface area contributed by atoms with E-state index in [1.807, 2.05) is 6.92 Å². The van der Waals surface area contributed by atoms with Crippen LogP contribution in [0.25, 0.3) is 0 Å². The van der Waals surface area contributed by atoms with Gasteiger partial charge in [0.05, 0.1) is 6.54 Å². The number of anilines is 1. The van der Waals surface area contributed by atoms with Gasteiger partial charge in [-0.3, -0.25) is 14.3 Å². The molecule has 2 rings (SSSR count). The molecule has 0 aliphatic carbocycles. The predicted molar refractivity (Wildman–Crippen MR) is 75.3 cm³/mol. The molecule has 21 heavy (non-hydrogen) atoms. The van der Waals surface area contributed by atoms with Gasteiger partial charge < -0.3 is 10.6 Å². The Hall–Kier alpha value is -2.70. The summed E-state index contributed by atoms with van der Waals surface area (Å²) in [6, 6.07) is 7.15. The molecule has 0 bridgehead atoms. The molecule has 6 nitrogen and oxygen atoms in total. The van der Waals surface area contributed by atoms with Crippen molar-refractivity contribution in [2.24, 2.45) is 7.05 Å². The third-order valence-corrected chi connectivity index (χ3v) is 2.86. The lowest BCUT2D eigenvalue weighted by molar-refractivity contribution is -0.115. The minimum atomic E-state index is -0.444. The van der Waals surface area contributed by atoms with Gasteiger partial charge in [0.2, 0.25) is 5.91 Å². The minimum absolute atomic E-state index is 0.217. The molecule has 7 heteroatoms. The molecule has 0 aliphatic rings. The number of carbonyl (C=O) groups is 2. The predicted octanol–water partition coefficient (Wildman–Crippen LogP) is 1.24. The Labute approximate surface area is 121 Å². The molecule has 0 atom stereocenters. The summed E-state index contributed by atoms with van der Waals surface area (Å²) in [7, 11) is 1.72. The highest BCUT2D eigenvalue weighted by Gasteiger charge is 2.12. The maximum absolute atomic E-state index is 13.0. The third-order valence-electron chi connectivity index (χ3n) is 2.86. The number of nitrogens with zero attached hydrogens (tertiary/aromatic N) is 2. The normalized spacial score (nSPS) is 10.2. The number of aromatic nitrogens is 2. The van der Waals surface area contributed by atoms with E-state index in [0.29, 0.717) is 5.69 Å². The fourth-order valence-corrected chi connectivity index (χ4v) is 1.69. The molecule has 1 aromatic carbocycles. The second-order valence-corrected chi connectivity index (χ2v) is 4.54. The molecule has 0 saturated carbocycles. The number of benzene rings is 1. The quantitative estimate of drug-likeness (QED) is 0.889. The van der Waals surface area contributed by atoms with Crippen LogP contribution in [-0.2, 0) is 11.8 Å². The molecule has 0 aliphatic heterocycles.